The quantitative estimate of drug-likeness (QED) is 0.871. The lowest BCUT2D eigenvalue weighted by atomic mass is 9.88. The molecule has 2 N–H and O–H groups in total. The third kappa shape index (κ3) is 3.01. The summed E-state index contributed by atoms with van der Waals surface area (Å²) in [6, 6.07) is 6.51. The van der Waals surface area contributed by atoms with Gasteiger partial charge >= 0.3 is 0 Å². The Hall–Kier alpha value is -1.02. The van der Waals surface area contributed by atoms with Gasteiger partial charge in [0.25, 0.3) is 0 Å². The van der Waals surface area contributed by atoms with E-state index in [0.717, 1.165) is 5.75 Å². The Balaban J connectivity index is 1.96. The summed E-state index contributed by atoms with van der Waals surface area (Å²) in [5.41, 5.74) is 9.11. The van der Waals surface area contributed by atoms with E-state index in [2.05, 4.69) is 39.0 Å². The summed E-state index contributed by atoms with van der Waals surface area (Å²) in [4.78, 5) is 0. The molecule has 1 unspecified atom stereocenters. The standard InChI is InChI=1S/C15H23NO/c1-15(2,3)14(16)10-17-13-8-7-11-5-4-6-12(11)9-13/h7-9,14H,4-6,10,16H2,1-3H3. The molecule has 0 amide bonds. The molecule has 0 spiro atoms. The monoisotopic (exact) mass is 233 g/mol. The minimum atomic E-state index is 0.0655. The number of ether oxygens (including phenoxy) is 1. The average molecular weight is 233 g/mol. The van der Waals surface area contributed by atoms with Crippen molar-refractivity contribution >= 4 is 0 Å². The highest BCUT2D eigenvalue weighted by Gasteiger charge is 2.21. The van der Waals surface area contributed by atoms with Gasteiger partial charge in [0.15, 0.2) is 0 Å². The van der Waals surface area contributed by atoms with E-state index in [9.17, 15) is 0 Å². The van der Waals surface area contributed by atoms with Crippen LogP contribution in [-0.4, -0.2) is 12.6 Å². The van der Waals surface area contributed by atoms with Gasteiger partial charge in [-0.05, 0) is 47.9 Å². The fourth-order valence-electron chi connectivity index (χ4n) is 2.07. The number of hydrogen-bond acceptors (Lipinski definition) is 2. The van der Waals surface area contributed by atoms with Crippen LogP contribution in [0.25, 0.3) is 0 Å². The van der Waals surface area contributed by atoms with E-state index in [-0.39, 0.29) is 11.5 Å². The summed E-state index contributed by atoms with van der Waals surface area (Å²) in [7, 11) is 0. The Bertz CT molecular complexity index is 392. The van der Waals surface area contributed by atoms with Gasteiger partial charge < -0.3 is 10.5 Å². The van der Waals surface area contributed by atoms with Crippen molar-refractivity contribution in [2.24, 2.45) is 11.1 Å². The number of hydrogen-bond donors (Lipinski definition) is 1. The number of rotatable bonds is 3. The number of nitrogens with two attached hydrogens (primary N) is 1. The second-order valence-corrected chi connectivity index (χ2v) is 6.07. The van der Waals surface area contributed by atoms with Gasteiger partial charge in [0, 0.05) is 6.04 Å². The molecule has 1 aliphatic carbocycles. The highest BCUT2D eigenvalue weighted by Crippen LogP contribution is 2.26. The van der Waals surface area contributed by atoms with Gasteiger partial charge in [-0.1, -0.05) is 26.8 Å². The van der Waals surface area contributed by atoms with Crippen molar-refractivity contribution in [2.75, 3.05) is 6.61 Å². The van der Waals surface area contributed by atoms with Crippen LogP contribution in [0.2, 0.25) is 0 Å². The lowest BCUT2D eigenvalue weighted by Crippen LogP contribution is -2.40. The maximum Gasteiger partial charge on any atom is 0.119 e. The summed E-state index contributed by atoms with van der Waals surface area (Å²) in [6.45, 7) is 7.01. The molecule has 0 bridgehead atoms. The second-order valence-electron chi connectivity index (χ2n) is 6.07. The van der Waals surface area contributed by atoms with E-state index >= 15 is 0 Å². The van der Waals surface area contributed by atoms with Crippen LogP contribution < -0.4 is 10.5 Å². The fraction of sp³-hybridized carbons (Fsp3) is 0.600. The first kappa shape index (κ1) is 12.4. The first-order valence-corrected chi connectivity index (χ1v) is 6.47. The first-order valence-electron chi connectivity index (χ1n) is 6.47. The molecule has 2 nitrogen and oxygen atoms in total. The number of aryl methyl sites for hydroxylation is 2. The summed E-state index contributed by atoms with van der Waals surface area (Å²) in [6.07, 6.45) is 3.69. The smallest absolute Gasteiger partial charge is 0.119 e. The van der Waals surface area contributed by atoms with Crippen LogP contribution in [0, 0.1) is 5.41 Å². The van der Waals surface area contributed by atoms with Crippen LogP contribution in [0.3, 0.4) is 0 Å². The van der Waals surface area contributed by atoms with Crippen LogP contribution in [0.4, 0.5) is 0 Å². The van der Waals surface area contributed by atoms with Crippen molar-refractivity contribution in [3.8, 4) is 5.75 Å². The molecule has 94 valence electrons. The first-order chi connectivity index (χ1) is 7.97. The molecule has 1 atom stereocenters. The van der Waals surface area contributed by atoms with E-state index in [1.807, 2.05) is 0 Å². The normalized spacial score (nSPS) is 16.7. The van der Waals surface area contributed by atoms with Gasteiger partial charge in [-0.2, -0.15) is 0 Å². The Morgan fingerprint density at radius 3 is 2.65 bits per heavy atom. The van der Waals surface area contributed by atoms with Crippen LogP contribution in [0.5, 0.6) is 5.75 Å². The molecular formula is C15H23NO. The minimum absolute atomic E-state index is 0.0655. The summed E-state index contributed by atoms with van der Waals surface area (Å²) in [5.74, 6) is 0.963. The van der Waals surface area contributed by atoms with Crippen molar-refractivity contribution in [1.29, 1.82) is 0 Å². The Morgan fingerprint density at radius 2 is 1.94 bits per heavy atom. The van der Waals surface area contributed by atoms with Crippen LogP contribution in [-0.2, 0) is 12.8 Å². The molecule has 17 heavy (non-hydrogen) atoms. The maximum absolute atomic E-state index is 6.09. The molecule has 1 aliphatic rings. The lowest BCUT2D eigenvalue weighted by Gasteiger charge is -2.26. The molecule has 1 aromatic rings. The van der Waals surface area contributed by atoms with E-state index in [4.69, 9.17) is 10.5 Å². The highest BCUT2D eigenvalue weighted by molar-refractivity contribution is 5.38. The van der Waals surface area contributed by atoms with Crippen molar-refractivity contribution in [1.82, 2.24) is 0 Å². The van der Waals surface area contributed by atoms with Gasteiger partial charge in [-0.15, -0.1) is 0 Å². The van der Waals surface area contributed by atoms with E-state index in [0.29, 0.717) is 6.61 Å². The van der Waals surface area contributed by atoms with Crippen LogP contribution in [0.1, 0.15) is 38.3 Å². The number of benzene rings is 1. The van der Waals surface area contributed by atoms with E-state index in [1.165, 1.54) is 30.4 Å². The largest absolute Gasteiger partial charge is 0.492 e. The van der Waals surface area contributed by atoms with Crippen molar-refractivity contribution in [3.05, 3.63) is 29.3 Å². The molecule has 0 aliphatic heterocycles. The maximum atomic E-state index is 6.09. The zero-order valence-corrected chi connectivity index (χ0v) is 11.1. The molecule has 2 heteroatoms. The SMILES string of the molecule is CC(C)(C)C(N)COc1ccc2c(c1)CCC2. The van der Waals surface area contributed by atoms with Gasteiger partial charge in [-0.25, -0.2) is 0 Å². The minimum Gasteiger partial charge on any atom is -0.492 e. The predicted molar refractivity (Wildman–Crippen MR) is 71.4 cm³/mol. The molecule has 0 saturated carbocycles. The van der Waals surface area contributed by atoms with Crippen molar-refractivity contribution in [3.63, 3.8) is 0 Å². The Morgan fingerprint density at radius 1 is 1.24 bits per heavy atom. The summed E-state index contributed by atoms with van der Waals surface area (Å²) >= 11 is 0. The molecule has 0 fully saturated rings. The molecule has 0 heterocycles. The second kappa shape index (κ2) is 4.69. The molecule has 0 saturated heterocycles. The molecule has 0 aromatic heterocycles. The van der Waals surface area contributed by atoms with Crippen LogP contribution >= 0.6 is 0 Å². The highest BCUT2D eigenvalue weighted by atomic mass is 16.5. The van der Waals surface area contributed by atoms with Gasteiger partial charge in [-0.3, -0.25) is 0 Å². The zero-order valence-electron chi connectivity index (χ0n) is 11.1. The molecule has 2 rings (SSSR count). The predicted octanol–water partition coefficient (Wildman–Crippen LogP) is 2.93. The molecule has 0 radical (unpaired) electrons. The third-order valence-electron chi connectivity index (χ3n) is 3.61. The topological polar surface area (TPSA) is 35.2 Å². The van der Waals surface area contributed by atoms with E-state index in [1.54, 1.807) is 0 Å². The lowest BCUT2D eigenvalue weighted by molar-refractivity contribution is 0.205. The summed E-state index contributed by atoms with van der Waals surface area (Å²) < 4.78 is 5.79. The summed E-state index contributed by atoms with van der Waals surface area (Å²) in [5, 5.41) is 0. The van der Waals surface area contributed by atoms with Gasteiger partial charge in [0.1, 0.15) is 12.4 Å². The van der Waals surface area contributed by atoms with Crippen molar-refractivity contribution < 1.29 is 4.74 Å². The molecular weight excluding hydrogens is 210 g/mol. The third-order valence-corrected chi connectivity index (χ3v) is 3.61. The van der Waals surface area contributed by atoms with Crippen molar-refractivity contribution in [2.45, 2.75) is 46.1 Å². The Labute approximate surface area is 104 Å². The zero-order chi connectivity index (χ0) is 12.5. The Kier molecular flexibility index (Phi) is 3.43. The van der Waals surface area contributed by atoms with E-state index < -0.39 is 0 Å². The van der Waals surface area contributed by atoms with Crippen LogP contribution in [0.15, 0.2) is 18.2 Å². The average Bonchev–Trinajstić information content (AvgIpc) is 2.71. The fourth-order valence-corrected chi connectivity index (χ4v) is 2.07. The number of fused-ring (bicyclic) bond motifs is 1. The molecule has 1 aromatic carbocycles. The van der Waals surface area contributed by atoms with Gasteiger partial charge in [0.2, 0.25) is 0 Å². The van der Waals surface area contributed by atoms with Gasteiger partial charge in [0.05, 0.1) is 0 Å².